The van der Waals surface area contributed by atoms with Crippen molar-refractivity contribution in [3.8, 4) is 0 Å². The van der Waals surface area contributed by atoms with E-state index in [0.29, 0.717) is 43.3 Å². The number of aromatic nitrogens is 1. The molecule has 1 amide bonds. The Labute approximate surface area is 202 Å². The summed E-state index contributed by atoms with van der Waals surface area (Å²) in [5.74, 6) is 0.987. The first-order chi connectivity index (χ1) is 16.4. The van der Waals surface area contributed by atoms with E-state index in [1.165, 1.54) is 11.8 Å². The number of anilines is 1. The zero-order chi connectivity index (χ0) is 24.5. The lowest BCUT2D eigenvalue weighted by Crippen LogP contribution is -2.35. The van der Waals surface area contributed by atoms with E-state index < -0.39 is 0 Å². The number of benzene rings is 1. The fourth-order valence-electron chi connectivity index (χ4n) is 4.13. The third-order valence-corrected chi connectivity index (χ3v) is 5.92. The van der Waals surface area contributed by atoms with E-state index in [2.05, 4.69) is 23.7 Å². The van der Waals surface area contributed by atoms with Crippen molar-refractivity contribution in [2.75, 3.05) is 37.7 Å². The Balaban J connectivity index is 1.48. The number of hydrogen-bond acceptors (Lipinski definition) is 6. The molecule has 1 aliphatic heterocycles. The Bertz CT molecular complexity index is 970. The highest BCUT2D eigenvalue weighted by Crippen LogP contribution is 2.17. The van der Waals surface area contributed by atoms with Crippen LogP contribution in [0.1, 0.15) is 66.3 Å². The van der Waals surface area contributed by atoms with E-state index >= 15 is 0 Å². The number of ether oxygens (including phenoxy) is 1. The lowest BCUT2D eigenvalue weighted by molar-refractivity contribution is -0.130. The molecule has 0 spiro atoms. The molecule has 2 heterocycles. The van der Waals surface area contributed by atoms with Crippen LogP contribution in [0.3, 0.4) is 0 Å². The normalized spacial score (nSPS) is 14.1. The zero-order valence-electron chi connectivity index (χ0n) is 20.5. The molecule has 1 saturated heterocycles. The smallest absolute Gasteiger partial charge is 0.339 e. The fourth-order valence-corrected chi connectivity index (χ4v) is 4.13. The fraction of sp³-hybridized carbons (Fsp3) is 0.481. The predicted molar refractivity (Wildman–Crippen MR) is 132 cm³/mol. The molecule has 0 unspecified atom stereocenters. The van der Waals surface area contributed by atoms with Gasteiger partial charge in [-0.1, -0.05) is 38.1 Å². The number of nitrogens with zero attached hydrogens (tertiary/aromatic N) is 3. The summed E-state index contributed by atoms with van der Waals surface area (Å²) in [5.41, 5.74) is 2.32. The van der Waals surface area contributed by atoms with Crippen LogP contribution in [0.5, 0.6) is 0 Å². The van der Waals surface area contributed by atoms with Crippen LogP contribution in [-0.2, 0) is 16.0 Å². The molecule has 0 N–H and O–H groups in total. The van der Waals surface area contributed by atoms with Crippen LogP contribution in [-0.4, -0.2) is 60.3 Å². The highest BCUT2D eigenvalue weighted by atomic mass is 16.5. The highest BCUT2D eigenvalue weighted by Gasteiger charge is 2.21. The summed E-state index contributed by atoms with van der Waals surface area (Å²) < 4.78 is 5.00. The predicted octanol–water partition coefficient (Wildman–Crippen LogP) is 4.16. The SMILES string of the molecule is CCOC(=O)c1ccc(N2CCCN(C(=O)CCC(=O)c3ccc(CC(C)C)cc3)CC2)nc1. The molecule has 0 aliphatic carbocycles. The van der Waals surface area contributed by atoms with Crippen molar-refractivity contribution in [1.82, 2.24) is 9.88 Å². The van der Waals surface area contributed by atoms with Crippen LogP contribution < -0.4 is 4.90 Å². The first-order valence-electron chi connectivity index (χ1n) is 12.2. The summed E-state index contributed by atoms with van der Waals surface area (Å²) in [4.78, 5) is 45.5. The molecule has 7 heteroatoms. The van der Waals surface area contributed by atoms with E-state index in [4.69, 9.17) is 4.74 Å². The lowest BCUT2D eigenvalue weighted by Gasteiger charge is -2.23. The van der Waals surface area contributed by atoms with Crippen molar-refractivity contribution in [3.63, 3.8) is 0 Å². The van der Waals surface area contributed by atoms with Gasteiger partial charge in [0, 0.05) is 50.8 Å². The third-order valence-electron chi connectivity index (χ3n) is 5.92. The molecule has 182 valence electrons. The molecule has 1 aliphatic rings. The van der Waals surface area contributed by atoms with Crippen LogP contribution in [0.2, 0.25) is 0 Å². The van der Waals surface area contributed by atoms with E-state index in [9.17, 15) is 14.4 Å². The van der Waals surface area contributed by atoms with Gasteiger partial charge < -0.3 is 14.5 Å². The minimum Gasteiger partial charge on any atom is -0.462 e. The van der Waals surface area contributed by atoms with E-state index in [1.807, 2.05) is 35.2 Å². The van der Waals surface area contributed by atoms with Gasteiger partial charge in [-0.3, -0.25) is 9.59 Å². The molecule has 1 aromatic carbocycles. The number of amides is 1. The number of rotatable bonds is 9. The van der Waals surface area contributed by atoms with Gasteiger partial charge in [-0.2, -0.15) is 0 Å². The van der Waals surface area contributed by atoms with Crippen LogP contribution in [0.4, 0.5) is 5.82 Å². The number of ketones is 1. The minimum absolute atomic E-state index is 0.00628. The number of carbonyl (C=O) groups is 3. The van der Waals surface area contributed by atoms with Crippen molar-refractivity contribution in [2.45, 2.75) is 46.5 Å². The van der Waals surface area contributed by atoms with Gasteiger partial charge in [-0.25, -0.2) is 9.78 Å². The summed E-state index contributed by atoms with van der Waals surface area (Å²) >= 11 is 0. The van der Waals surface area contributed by atoms with Crippen LogP contribution in [0.15, 0.2) is 42.6 Å². The van der Waals surface area contributed by atoms with Gasteiger partial charge in [-0.05, 0) is 43.4 Å². The molecule has 1 aromatic heterocycles. The maximum absolute atomic E-state index is 12.8. The second-order valence-electron chi connectivity index (χ2n) is 9.07. The molecule has 0 radical (unpaired) electrons. The third kappa shape index (κ3) is 7.14. The van der Waals surface area contributed by atoms with Crippen molar-refractivity contribution >= 4 is 23.5 Å². The van der Waals surface area contributed by atoms with Crippen LogP contribution in [0.25, 0.3) is 0 Å². The maximum Gasteiger partial charge on any atom is 0.339 e. The Morgan fingerprint density at radius 3 is 2.32 bits per heavy atom. The summed E-state index contributed by atoms with van der Waals surface area (Å²) in [6.07, 6.45) is 3.78. The van der Waals surface area contributed by atoms with Crippen molar-refractivity contribution < 1.29 is 19.1 Å². The topological polar surface area (TPSA) is 79.8 Å². The standard InChI is InChI=1S/C27H35N3O4/c1-4-34-27(33)23-10-12-25(28-19-23)29-14-5-15-30(17-16-29)26(32)13-11-24(31)22-8-6-21(7-9-22)18-20(2)3/h6-10,12,19-20H,4-5,11,13-18H2,1-3H3. The van der Waals surface area contributed by atoms with E-state index in [-0.39, 0.29) is 30.5 Å². The van der Waals surface area contributed by atoms with Crippen molar-refractivity contribution in [1.29, 1.82) is 0 Å². The summed E-state index contributed by atoms with van der Waals surface area (Å²) in [7, 11) is 0. The number of carbonyl (C=O) groups excluding carboxylic acids is 3. The number of Topliss-reactive ketones (excluding diaryl/α,β-unsaturated/α-hetero) is 1. The van der Waals surface area contributed by atoms with Crippen molar-refractivity contribution in [2.24, 2.45) is 5.92 Å². The van der Waals surface area contributed by atoms with E-state index in [1.54, 1.807) is 13.0 Å². The second kappa shape index (κ2) is 12.3. The average molecular weight is 466 g/mol. The Hall–Kier alpha value is -3.22. The first kappa shape index (κ1) is 25.4. The molecule has 0 bridgehead atoms. The monoisotopic (exact) mass is 465 g/mol. The van der Waals surface area contributed by atoms with Gasteiger partial charge in [0.1, 0.15) is 5.82 Å². The molecule has 7 nitrogen and oxygen atoms in total. The number of esters is 1. The molecular weight excluding hydrogens is 430 g/mol. The average Bonchev–Trinajstić information content (AvgIpc) is 3.09. The van der Waals surface area contributed by atoms with Crippen LogP contribution in [0, 0.1) is 5.92 Å². The molecular formula is C27H35N3O4. The molecule has 2 aromatic rings. The quantitative estimate of drug-likeness (QED) is 0.409. The molecule has 34 heavy (non-hydrogen) atoms. The zero-order valence-corrected chi connectivity index (χ0v) is 20.5. The maximum atomic E-state index is 12.8. The number of pyridine rings is 1. The van der Waals surface area contributed by atoms with Gasteiger partial charge in [-0.15, -0.1) is 0 Å². The van der Waals surface area contributed by atoms with Gasteiger partial charge >= 0.3 is 5.97 Å². The largest absolute Gasteiger partial charge is 0.462 e. The van der Waals surface area contributed by atoms with Crippen molar-refractivity contribution in [3.05, 3.63) is 59.3 Å². The van der Waals surface area contributed by atoms with Gasteiger partial charge in [0.15, 0.2) is 5.78 Å². The molecule has 3 rings (SSSR count). The van der Waals surface area contributed by atoms with Crippen LogP contribution >= 0.6 is 0 Å². The minimum atomic E-state index is -0.379. The van der Waals surface area contributed by atoms with E-state index in [0.717, 1.165) is 25.2 Å². The molecule has 0 atom stereocenters. The van der Waals surface area contributed by atoms with Gasteiger partial charge in [0.05, 0.1) is 12.2 Å². The summed E-state index contributed by atoms with van der Waals surface area (Å²) in [5, 5.41) is 0. The second-order valence-corrected chi connectivity index (χ2v) is 9.07. The molecule has 1 fully saturated rings. The number of hydrogen-bond donors (Lipinski definition) is 0. The highest BCUT2D eigenvalue weighted by molar-refractivity contribution is 5.98. The summed E-state index contributed by atoms with van der Waals surface area (Å²) in [6, 6.07) is 11.3. The Morgan fingerprint density at radius 2 is 1.68 bits per heavy atom. The van der Waals surface area contributed by atoms with Gasteiger partial charge in [0.2, 0.25) is 5.91 Å². The Morgan fingerprint density at radius 1 is 0.941 bits per heavy atom. The van der Waals surface area contributed by atoms with Gasteiger partial charge in [0.25, 0.3) is 0 Å². The summed E-state index contributed by atoms with van der Waals surface area (Å²) in [6.45, 7) is 9.11. The first-order valence-corrected chi connectivity index (χ1v) is 12.2. The molecule has 0 saturated carbocycles. The Kier molecular flexibility index (Phi) is 9.19. The lowest BCUT2D eigenvalue weighted by atomic mass is 9.99.